The maximum atomic E-state index is 11.1. The van der Waals surface area contributed by atoms with Gasteiger partial charge in [0.25, 0.3) is 0 Å². The summed E-state index contributed by atoms with van der Waals surface area (Å²) in [6.45, 7) is 0.307. The minimum Gasteiger partial charge on any atom is -0.485 e. The number of benzene rings is 2. The molecule has 0 spiro atoms. The Hall–Kier alpha value is -2.49. The van der Waals surface area contributed by atoms with Crippen molar-refractivity contribution in [1.29, 1.82) is 0 Å². The van der Waals surface area contributed by atoms with E-state index in [1.807, 2.05) is 42.5 Å². The summed E-state index contributed by atoms with van der Waals surface area (Å²) in [5.41, 5.74) is 1.07. The Balaban J connectivity index is 1.98. The lowest BCUT2D eigenvalue weighted by atomic mass is 10.2. The normalized spacial score (nSPS) is 9.85. The first-order chi connectivity index (χ1) is 9.79. The highest BCUT2D eigenvalue weighted by molar-refractivity contribution is 5.71. The van der Waals surface area contributed by atoms with Crippen molar-refractivity contribution in [3.05, 3.63) is 60.2 Å². The molecule has 4 nitrogen and oxygen atoms in total. The van der Waals surface area contributed by atoms with Crippen molar-refractivity contribution in [2.45, 2.75) is 6.61 Å². The van der Waals surface area contributed by atoms with E-state index in [4.69, 9.17) is 9.47 Å². The van der Waals surface area contributed by atoms with Crippen molar-refractivity contribution >= 4 is 5.97 Å². The first-order valence-corrected chi connectivity index (χ1v) is 6.25. The molecule has 0 atom stereocenters. The van der Waals surface area contributed by atoms with Crippen LogP contribution in [0.25, 0.3) is 0 Å². The van der Waals surface area contributed by atoms with Gasteiger partial charge in [-0.15, -0.1) is 0 Å². The van der Waals surface area contributed by atoms with Crippen LogP contribution in [-0.4, -0.2) is 19.7 Å². The number of rotatable bonds is 6. The van der Waals surface area contributed by atoms with Crippen LogP contribution in [-0.2, 0) is 16.1 Å². The van der Waals surface area contributed by atoms with Gasteiger partial charge in [-0.1, -0.05) is 42.5 Å². The van der Waals surface area contributed by atoms with Gasteiger partial charge >= 0.3 is 5.97 Å². The van der Waals surface area contributed by atoms with Gasteiger partial charge in [-0.25, -0.2) is 4.79 Å². The van der Waals surface area contributed by atoms with Crippen LogP contribution >= 0.6 is 0 Å². The Morgan fingerprint density at radius 3 is 2.15 bits per heavy atom. The van der Waals surface area contributed by atoms with E-state index in [2.05, 4.69) is 4.74 Å². The monoisotopic (exact) mass is 272 g/mol. The molecule has 2 aromatic rings. The number of carbonyl (C=O) groups excluding carboxylic acids is 1. The molecule has 0 fully saturated rings. The average Bonchev–Trinajstić information content (AvgIpc) is 2.52. The molecule has 0 saturated carbocycles. The Bertz CT molecular complexity index is 551. The van der Waals surface area contributed by atoms with Crippen LogP contribution < -0.4 is 9.47 Å². The minimum absolute atomic E-state index is 0.137. The molecular weight excluding hydrogens is 256 g/mol. The molecule has 0 aliphatic rings. The van der Waals surface area contributed by atoms with Gasteiger partial charge in [-0.3, -0.25) is 0 Å². The largest absolute Gasteiger partial charge is 0.485 e. The van der Waals surface area contributed by atoms with Crippen LogP contribution in [0.1, 0.15) is 5.56 Å². The second-order valence-corrected chi connectivity index (χ2v) is 4.09. The van der Waals surface area contributed by atoms with Crippen molar-refractivity contribution in [3.8, 4) is 11.5 Å². The van der Waals surface area contributed by atoms with Crippen LogP contribution in [0.4, 0.5) is 0 Å². The number of methoxy groups -OCH3 is 1. The summed E-state index contributed by atoms with van der Waals surface area (Å²) in [6.07, 6.45) is 0. The summed E-state index contributed by atoms with van der Waals surface area (Å²) in [5, 5.41) is 0. The van der Waals surface area contributed by atoms with Crippen LogP contribution in [0.2, 0.25) is 0 Å². The lowest BCUT2D eigenvalue weighted by Crippen LogP contribution is -2.13. The summed E-state index contributed by atoms with van der Waals surface area (Å²) in [5.74, 6) is 0.692. The Morgan fingerprint density at radius 2 is 1.50 bits per heavy atom. The average molecular weight is 272 g/mol. The molecule has 20 heavy (non-hydrogen) atoms. The highest BCUT2D eigenvalue weighted by Crippen LogP contribution is 2.27. The minimum atomic E-state index is -0.428. The van der Waals surface area contributed by atoms with Crippen LogP contribution in [0.15, 0.2) is 54.6 Å². The third-order valence-corrected chi connectivity index (χ3v) is 2.66. The quantitative estimate of drug-likeness (QED) is 0.758. The van der Waals surface area contributed by atoms with E-state index in [-0.39, 0.29) is 6.61 Å². The number of hydrogen-bond acceptors (Lipinski definition) is 4. The Kier molecular flexibility index (Phi) is 5.00. The lowest BCUT2D eigenvalue weighted by molar-refractivity contribution is -0.142. The van der Waals surface area contributed by atoms with E-state index >= 15 is 0 Å². The van der Waals surface area contributed by atoms with Crippen LogP contribution in [0, 0.1) is 0 Å². The number of hydrogen-bond donors (Lipinski definition) is 0. The summed E-state index contributed by atoms with van der Waals surface area (Å²) in [7, 11) is 1.32. The van der Waals surface area contributed by atoms with E-state index < -0.39 is 5.97 Å². The van der Waals surface area contributed by atoms with Crippen molar-refractivity contribution < 1.29 is 19.0 Å². The maximum Gasteiger partial charge on any atom is 0.343 e. The van der Waals surface area contributed by atoms with Crippen molar-refractivity contribution in [3.63, 3.8) is 0 Å². The van der Waals surface area contributed by atoms with Crippen molar-refractivity contribution in [1.82, 2.24) is 0 Å². The molecule has 2 aromatic carbocycles. The third kappa shape index (κ3) is 4.02. The molecule has 2 rings (SSSR count). The molecule has 0 aliphatic carbocycles. The van der Waals surface area contributed by atoms with Crippen molar-refractivity contribution in [2.24, 2.45) is 0 Å². The fourth-order valence-corrected chi connectivity index (χ4v) is 1.62. The second kappa shape index (κ2) is 7.19. The first kappa shape index (κ1) is 13.9. The number of ether oxygens (including phenoxy) is 3. The van der Waals surface area contributed by atoms with Gasteiger partial charge in [0.05, 0.1) is 7.11 Å². The van der Waals surface area contributed by atoms with Gasteiger partial charge in [0, 0.05) is 0 Å². The highest BCUT2D eigenvalue weighted by atomic mass is 16.6. The fraction of sp³-hybridized carbons (Fsp3) is 0.188. The smallest absolute Gasteiger partial charge is 0.343 e. The zero-order valence-electron chi connectivity index (χ0n) is 11.2. The SMILES string of the molecule is COC(=O)COc1ccccc1OCc1ccccc1. The van der Waals surface area contributed by atoms with Gasteiger partial charge in [0.15, 0.2) is 18.1 Å². The number of para-hydroxylation sites is 2. The molecule has 0 heterocycles. The molecule has 0 aliphatic heterocycles. The Morgan fingerprint density at radius 1 is 0.900 bits per heavy atom. The van der Waals surface area contributed by atoms with E-state index in [1.54, 1.807) is 12.1 Å². The predicted octanol–water partition coefficient (Wildman–Crippen LogP) is 2.82. The number of carbonyl (C=O) groups is 1. The number of esters is 1. The molecule has 104 valence electrons. The van der Waals surface area contributed by atoms with Crippen molar-refractivity contribution in [2.75, 3.05) is 13.7 Å². The third-order valence-electron chi connectivity index (χ3n) is 2.66. The highest BCUT2D eigenvalue weighted by Gasteiger charge is 2.07. The van der Waals surface area contributed by atoms with E-state index in [0.717, 1.165) is 5.56 Å². The van der Waals surface area contributed by atoms with Gasteiger partial charge in [-0.05, 0) is 17.7 Å². The lowest BCUT2D eigenvalue weighted by Gasteiger charge is -2.12. The van der Waals surface area contributed by atoms with E-state index in [0.29, 0.717) is 18.1 Å². The molecule has 4 heteroatoms. The molecule has 0 bridgehead atoms. The molecule has 0 saturated heterocycles. The topological polar surface area (TPSA) is 44.8 Å². The molecule has 0 amide bonds. The summed E-state index contributed by atoms with van der Waals surface area (Å²) >= 11 is 0. The zero-order valence-corrected chi connectivity index (χ0v) is 11.2. The summed E-state index contributed by atoms with van der Waals surface area (Å²) < 4.78 is 15.6. The van der Waals surface area contributed by atoms with Crippen LogP contribution in [0.5, 0.6) is 11.5 Å². The van der Waals surface area contributed by atoms with Gasteiger partial charge in [0.2, 0.25) is 0 Å². The van der Waals surface area contributed by atoms with Gasteiger partial charge < -0.3 is 14.2 Å². The summed E-state index contributed by atoms with van der Waals surface area (Å²) in [4.78, 5) is 11.1. The standard InChI is InChI=1S/C16H16O4/c1-18-16(17)12-20-15-10-6-5-9-14(15)19-11-13-7-3-2-4-8-13/h2-10H,11-12H2,1H3. The van der Waals surface area contributed by atoms with Crippen LogP contribution in [0.3, 0.4) is 0 Å². The fourth-order valence-electron chi connectivity index (χ4n) is 1.62. The van der Waals surface area contributed by atoms with E-state index in [9.17, 15) is 4.79 Å². The molecule has 0 aromatic heterocycles. The Labute approximate surface area is 117 Å². The van der Waals surface area contributed by atoms with Gasteiger partial charge in [0.1, 0.15) is 6.61 Å². The van der Waals surface area contributed by atoms with Gasteiger partial charge in [-0.2, -0.15) is 0 Å². The molecular formula is C16H16O4. The summed E-state index contributed by atoms with van der Waals surface area (Å²) in [6, 6.07) is 17.1. The predicted molar refractivity (Wildman–Crippen MR) is 74.7 cm³/mol. The maximum absolute atomic E-state index is 11.1. The second-order valence-electron chi connectivity index (χ2n) is 4.09. The first-order valence-electron chi connectivity index (χ1n) is 6.25. The molecule has 0 unspecified atom stereocenters. The molecule has 0 N–H and O–H groups in total. The molecule has 0 radical (unpaired) electrons. The zero-order chi connectivity index (χ0) is 14.2. The van der Waals surface area contributed by atoms with E-state index in [1.165, 1.54) is 7.11 Å².